The Hall–Kier alpha value is -2.90. The van der Waals surface area contributed by atoms with E-state index in [9.17, 15) is 4.79 Å². The molecule has 0 spiro atoms. The maximum absolute atomic E-state index is 10.8. The van der Waals surface area contributed by atoms with Crippen molar-refractivity contribution in [3.63, 3.8) is 0 Å². The Bertz CT molecular complexity index is 703. The molecular formula is C17H22N6O2. The predicted molar refractivity (Wildman–Crippen MR) is 94.9 cm³/mol. The van der Waals surface area contributed by atoms with E-state index in [0.717, 1.165) is 30.7 Å². The summed E-state index contributed by atoms with van der Waals surface area (Å²) in [5.41, 5.74) is 1.14. The van der Waals surface area contributed by atoms with E-state index in [1.807, 2.05) is 23.1 Å². The minimum atomic E-state index is 0.591. The average Bonchev–Trinajstić information content (AvgIpc) is 2.69. The standard InChI is InChI=1S/C17H22N6O2/c1-25-15-5-3-2-4-14(15)6-7-18-16-12-19-21-17(20-16)23-10-8-22(13-24)9-11-23/h2-5,12-13H,6-11H2,1H3,(H,18,20,21). The first kappa shape index (κ1) is 16.9. The van der Waals surface area contributed by atoms with E-state index in [1.54, 1.807) is 18.2 Å². The minimum Gasteiger partial charge on any atom is -0.496 e. The maximum atomic E-state index is 10.8. The second-order valence-electron chi connectivity index (χ2n) is 5.76. The zero-order chi connectivity index (χ0) is 17.5. The molecule has 2 aromatic rings. The third-order valence-corrected chi connectivity index (χ3v) is 4.19. The molecule has 3 rings (SSSR count). The summed E-state index contributed by atoms with van der Waals surface area (Å²) in [7, 11) is 1.68. The van der Waals surface area contributed by atoms with Gasteiger partial charge in [0, 0.05) is 32.7 Å². The Labute approximate surface area is 146 Å². The van der Waals surface area contributed by atoms with Crippen LogP contribution in [0.3, 0.4) is 0 Å². The molecule has 1 aromatic carbocycles. The minimum absolute atomic E-state index is 0.591. The number of anilines is 2. The number of rotatable bonds is 7. The fraction of sp³-hybridized carbons (Fsp3) is 0.412. The van der Waals surface area contributed by atoms with E-state index >= 15 is 0 Å². The first-order valence-electron chi connectivity index (χ1n) is 8.30. The second-order valence-corrected chi connectivity index (χ2v) is 5.76. The van der Waals surface area contributed by atoms with Gasteiger partial charge < -0.3 is 19.9 Å². The lowest BCUT2D eigenvalue weighted by molar-refractivity contribution is -0.118. The topological polar surface area (TPSA) is 83.5 Å². The summed E-state index contributed by atoms with van der Waals surface area (Å²) in [6.07, 6.45) is 3.32. The molecule has 1 aliphatic rings. The summed E-state index contributed by atoms with van der Waals surface area (Å²) in [5.74, 6) is 2.17. The third-order valence-electron chi connectivity index (χ3n) is 4.19. The van der Waals surface area contributed by atoms with Crippen molar-refractivity contribution in [1.82, 2.24) is 20.1 Å². The molecule has 0 atom stereocenters. The average molecular weight is 342 g/mol. The Kier molecular flexibility index (Phi) is 5.61. The Morgan fingerprint density at radius 2 is 2.04 bits per heavy atom. The lowest BCUT2D eigenvalue weighted by atomic mass is 10.1. The van der Waals surface area contributed by atoms with Crippen LogP contribution < -0.4 is 15.0 Å². The second kappa shape index (κ2) is 8.27. The van der Waals surface area contributed by atoms with Crippen LogP contribution in [-0.2, 0) is 11.2 Å². The number of para-hydroxylation sites is 1. The first-order valence-corrected chi connectivity index (χ1v) is 8.30. The van der Waals surface area contributed by atoms with Gasteiger partial charge in [-0.05, 0) is 18.1 Å². The molecule has 25 heavy (non-hydrogen) atoms. The lowest BCUT2D eigenvalue weighted by Gasteiger charge is -2.32. The van der Waals surface area contributed by atoms with Crippen molar-refractivity contribution < 1.29 is 9.53 Å². The highest BCUT2D eigenvalue weighted by atomic mass is 16.5. The molecule has 1 N–H and O–H groups in total. The monoisotopic (exact) mass is 342 g/mol. The number of carbonyl (C=O) groups is 1. The summed E-state index contributed by atoms with van der Waals surface area (Å²) in [4.78, 5) is 19.1. The molecule has 132 valence electrons. The van der Waals surface area contributed by atoms with Crippen molar-refractivity contribution in [2.45, 2.75) is 6.42 Å². The number of piperazine rings is 1. The van der Waals surface area contributed by atoms with E-state index in [2.05, 4.69) is 26.6 Å². The van der Waals surface area contributed by atoms with Gasteiger partial charge in [0.05, 0.1) is 13.3 Å². The van der Waals surface area contributed by atoms with Gasteiger partial charge in [0.1, 0.15) is 5.75 Å². The predicted octanol–water partition coefficient (Wildman–Crippen LogP) is 0.813. The zero-order valence-electron chi connectivity index (χ0n) is 14.3. The highest BCUT2D eigenvalue weighted by molar-refractivity contribution is 5.48. The van der Waals surface area contributed by atoms with Crippen molar-refractivity contribution in [1.29, 1.82) is 0 Å². The molecular weight excluding hydrogens is 320 g/mol. The molecule has 0 bridgehead atoms. The van der Waals surface area contributed by atoms with Crippen molar-refractivity contribution in [2.24, 2.45) is 0 Å². The van der Waals surface area contributed by atoms with Crippen molar-refractivity contribution in [3.05, 3.63) is 36.0 Å². The Morgan fingerprint density at radius 3 is 2.80 bits per heavy atom. The highest BCUT2D eigenvalue weighted by Gasteiger charge is 2.18. The van der Waals surface area contributed by atoms with Crippen LogP contribution in [0.2, 0.25) is 0 Å². The zero-order valence-corrected chi connectivity index (χ0v) is 14.3. The summed E-state index contributed by atoms with van der Waals surface area (Å²) >= 11 is 0. The number of nitrogens with zero attached hydrogens (tertiary/aromatic N) is 5. The van der Waals surface area contributed by atoms with Gasteiger partial charge in [-0.1, -0.05) is 18.2 Å². The van der Waals surface area contributed by atoms with Gasteiger partial charge in [-0.3, -0.25) is 4.79 Å². The SMILES string of the molecule is COc1ccccc1CCNc1cnnc(N2CCN(C=O)CC2)n1. The van der Waals surface area contributed by atoms with Crippen molar-refractivity contribution >= 4 is 18.2 Å². The van der Waals surface area contributed by atoms with Crippen LogP contribution in [0, 0.1) is 0 Å². The Balaban J connectivity index is 1.56. The van der Waals surface area contributed by atoms with Gasteiger partial charge >= 0.3 is 0 Å². The molecule has 0 saturated carbocycles. The van der Waals surface area contributed by atoms with Gasteiger partial charge in [0.15, 0.2) is 5.82 Å². The van der Waals surface area contributed by atoms with Crippen LogP contribution >= 0.6 is 0 Å². The third kappa shape index (κ3) is 4.34. The van der Waals surface area contributed by atoms with E-state index < -0.39 is 0 Å². The smallest absolute Gasteiger partial charge is 0.247 e. The van der Waals surface area contributed by atoms with Crippen LogP contribution in [-0.4, -0.2) is 66.3 Å². The molecule has 1 fully saturated rings. The largest absolute Gasteiger partial charge is 0.496 e. The number of hydrogen-bond donors (Lipinski definition) is 1. The summed E-state index contributed by atoms with van der Waals surface area (Å²) < 4.78 is 5.36. The van der Waals surface area contributed by atoms with E-state index in [-0.39, 0.29) is 0 Å². The summed E-state index contributed by atoms with van der Waals surface area (Å²) in [6.45, 7) is 3.50. The number of benzene rings is 1. The van der Waals surface area contributed by atoms with E-state index in [1.165, 1.54) is 0 Å². The number of amides is 1. The van der Waals surface area contributed by atoms with Gasteiger partial charge in [0.25, 0.3) is 0 Å². The lowest BCUT2D eigenvalue weighted by Crippen LogP contribution is -2.46. The van der Waals surface area contributed by atoms with Crippen molar-refractivity contribution in [3.8, 4) is 5.75 Å². The van der Waals surface area contributed by atoms with Crippen LogP contribution in [0.1, 0.15) is 5.56 Å². The van der Waals surface area contributed by atoms with Gasteiger partial charge in [-0.25, -0.2) is 0 Å². The van der Waals surface area contributed by atoms with Crippen LogP contribution in [0.5, 0.6) is 5.75 Å². The molecule has 8 heteroatoms. The molecule has 1 aliphatic heterocycles. The van der Waals surface area contributed by atoms with Gasteiger partial charge in [0.2, 0.25) is 12.4 Å². The van der Waals surface area contributed by atoms with E-state index in [4.69, 9.17) is 4.74 Å². The van der Waals surface area contributed by atoms with Crippen LogP contribution in [0.15, 0.2) is 30.5 Å². The van der Waals surface area contributed by atoms with E-state index in [0.29, 0.717) is 37.9 Å². The molecule has 0 radical (unpaired) electrons. The van der Waals surface area contributed by atoms with Crippen LogP contribution in [0.4, 0.5) is 11.8 Å². The molecule has 1 saturated heterocycles. The number of nitrogens with one attached hydrogen (secondary N) is 1. The quantitative estimate of drug-likeness (QED) is 0.746. The maximum Gasteiger partial charge on any atom is 0.247 e. The van der Waals surface area contributed by atoms with Gasteiger partial charge in [-0.2, -0.15) is 10.1 Å². The molecule has 0 unspecified atom stereocenters. The number of aromatic nitrogens is 3. The number of ether oxygens (including phenoxy) is 1. The fourth-order valence-corrected chi connectivity index (χ4v) is 2.78. The molecule has 0 aliphatic carbocycles. The summed E-state index contributed by atoms with van der Waals surface area (Å²) in [5, 5.41) is 11.4. The summed E-state index contributed by atoms with van der Waals surface area (Å²) in [6, 6.07) is 7.97. The molecule has 8 nitrogen and oxygen atoms in total. The molecule has 1 amide bonds. The molecule has 2 heterocycles. The van der Waals surface area contributed by atoms with Crippen LogP contribution in [0.25, 0.3) is 0 Å². The normalized spacial score (nSPS) is 14.3. The van der Waals surface area contributed by atoms with Gasteiger partial charge in [-0.15, -0.1) is 5.10 Å². The Morgan fingerprint density at radius 1 is 1.24 bits per heavy atom. The number of carbonyl (C=O) groups excluding carboxylic acids is 1. The first-order chi connectivity index (χ1) is 12.3. The highest BCUT2D eigenvalue weighted by Crippen LogP contribution is 2.18. The van der Waals surface area contributed by atoms with Crippen molar-refractivity contribution in [2.75, 3.05) is 50.1 Å². The molecule has 1 aromatic heterocycles. The number of methoxy groups -OCH3 is 1. The number of hydrogen-bond acceptors (Lipinski definition) is 7. The fourth-order valence-electron chi connectivity index (χ4n) is 2.78.